The van der Waals surface area contributed by atoms with Crippen LogP contribution in [0.2, 0.25) is 0 Å². The zero-order valence-electron chi connectivity index (χ0n) is 10.2. The molecule has 0 saturated carbocycles. The summed E-state index contributed by atoms with van der Waals surface area (Å²) >= 11 is 0. The van der Waals surface area contributed by atoms with E-state index in [2.05, 4.69) is 5.32 Å². The highest BCUT2D eigenvalue weighted by molar-refractivity contribution is 6.14. The van der Waals surface area contributed by atoms with Crippen molar-refractivity contribution in [2.24, 2.45) is 5.73 Å². The van der Waals surface area contributed by atoms with Crippen molar-refractivity contribution in [3.63, 3.8) is 0 Å². The molecule has 0 aliphatic carbocycles. The van der Waals surface area contributed by atoms with E-state index in [-0.39, 0.29) is 6.54 Å². The summed E-state index contributed by atoms with van der Waals surface area (Å²) in [7, 11) is 3.77. The van der Waals surface area contributed by atoms with Gasteiger partial charge in [0.05, 0.1) is 6.61 Å². The van der Waals surface area contributed by atoms with Crippen LogP contribution in [-0.2, 0) is 14.3 Å². The summed E-state index contributed by atoms with van der Waals surface area (Å²) in [6.45, 7) is 1.67. The Balaban J connectivity index is 2.74. The zero-order chi connectivity index (χ0) is 12.9. The minimum absolute atomic E-state index is 0.132. The summed E-state index contributed by atoms with van der Waals surface area (Å²) in [6.07, 6.45) is 3.04. The smallest absolute Gasteiger partial charge is 0.259 e. The average Bonchev–Trinajstić information content (AvgIpc) is 2.29. The Morgan fingerprint density at radius 1 is 1.53 bits per heavy atom. The van der Waals surface area contributed by atoms with Gasteiger partial charge in [0.1, 0.15) is 0 Å². The third-order valence-corrected chi connectivity index (χ3v) is 2.54. The van der Waals surface area contributed by atoms with Crippen molar-refractivity contribution in [3.8, 4) is 0 Å². The molecule has 0 aromatic heterocycles. The maximum Gasteiger partial charge on any atom is 0.259 e. The largest absolute Gasteiger partial charge is 0.367 e. The molecular weight excluding hydrogens is 222 g/mol. The van der Waals surface area contributed by atoms with Gasteiger partial charge in [0.2, 0.25) is 5.60 Å². The van der Waals surface area contributed by atoms with Crippen molar-refractivity contribution >= 4 is 11.7 Å². The molecule has 1 rings (SSSR count). The summed E-state index contributed by atoms with van der Waals surface area (Å²) in [5.74, 6) is -1.15. The lowest BCUT2D eigenvalue weighted by Crippen LogP contribution is -2.62. The van der Waals surface area contributed by atoms with Gasteiger partial charge in [0.25, 0.3) is 5.91 Å². The summed E-state index contributed by atoms with van der Waals surface area (Å²) < 4.78 is 5.29. The molecule has 1 amide bonds. The van der Waals surface area contributed by atoms with Gasteiger partial charge in [-0.2, -0.15) is 0 Å². The average molecular weight is 241 g/mol. The van der Waals surface area contributed by atoms with Crippen LogP contribution in [0.15, 0.2) is 12.2 Å². The molecular formula is C11H19N3O3. The molecule has 96 valence electrons. The van der Waals surface area contributed by atoms with E-state index in [0.717, 1.165) is 0 Å². The van der Waals surface area contributed by atoms with Crippen molar-refractivity contribution in [1.29, 1.82) is 0 Å². The fourth-order valence-corrected chi connectivity index (χ4v) is 1.56. The summed E-state index contributed by atoms with van der Waals surface area (Å²) in [4.78, 5) is 25.3. The Morgan fingerprint density at radius 3 is 2.71 bits per heavy atom. The molecule has 0 aromatic rings. The lowest BCUT2D eigenvalue weighted by atomic mass is 9.95. The van der Waals surface area contributed by atoms with Crippen LogP contribution >= 0.6 is 0 Å². The SMILES string of the molecule is CN(C)CC=CC(=O)C1(C(N)=O)CNCCO1. The van der Waals surface area contributed by atoms with Crippen LogP contribution in [0.1, 0.15) is 0 Å². The minimum Gasteiger partial charge on any atom is -0.367 e. The first kappa shape index (κ1) is 13.8. The van der Waals surface area contributed by atoms with Crippen LogP contribution < -0.4 is 11.1 Å². The van der Waals surface area contributed by atoms with Crippen molar-refractivity contribution in [2.45, 2.75) is 5.60 Å². The van der Waals surface area contributed by atoms with E-state index in [4.69, 9.17) is 10.5 Å². The third-order valence-electron chi connectivity index (χ3n) is 2.54. The van der Waals surface area contributed by atoms with Crippen LogP contribution in [0.5, 0.6) is 0 Å². The molecule has 1 heterocycles. The van der Waals surface area contributed by atoms with Gasteiger partial charge in [-0.3, -0.25) is 9.59 Å². The van der Waals surface area contributed by atoms with E-state index in [1.54, 1.807) is 6.08 Å². The molecule has 1 aliphatic heterocycles. The van der Waals surface area contributed by atoms with Crippen LogP contribution in [-0.4, -0.2) is 62.5 Å². The molecule has 1 aliphatic rings. The minimum atomic E-state index is -1.54. The summed E-state index contributed by atoms with van der Waals surface area (Å²) in [5, 5.41) is 2.95. The number of morpholine rings is 1. The van der Waals surface area contributed by atoms with Gasteiger partial charge in [-0.25, -0.2) is 0 Å². The Morgan fingerprint density at radius 2 is 2.24 bits per heavy atom. The Labute approximate surface area is 101 Å². The van der Waals surface area contributed by atoms with E-state index >= 15 is 0 Å². The maximum absolute atomic E-state index is 12.0. The highest BCUT2D eigenvalue weighted by Crippen LogP contribution is 2.15. The number of carbonyl (C=O) groups excluding carboxylic acids is 2. The normalized spacial score (nSPS) is 25.4. The first-order chi connectivity index (χ1) is 7.99. The molecule has 3 N–H and O–H groups in total. The Hall–Kier alpha value is -1.24. The van der Waals surface area contributed by atoms with Gasteiger partial charge in [-0.05, 0) is 20.2 Å². The standard InChI is InChI=1S/C11H19N3O3/c1-14(2)6-3-4-9(15)11(10(12)16)8-13-5-7-17-11/h3-4,13H,5-8H2,1-2H3,(H2,12,16). The molecule has 0 spiro atoms. The number of nitrogens with two attached hydrogens (primary N) is 1. The number of nitrogens with one attached hydrogen (secondary N) is 1. The third kappa shape index (κ3) is 3.36. The highest BCUT2D eigenvalue weighted by Gasteiger charge is 2.45. The Bertz CT molecular complexity index is 320. The molecule has 1 atom stereocenters. The molecule has 0 bridgehead atoms. The monoisotopic (exact) mass is 241 g/mol. The van der Waals surface area contributed by atoms with Gasteiger partial charge in [0, 0.05) is 19.6 Å². The van der Waals surface area contributed by atoms with Crippen LogP contribution in [0.25, 0.3) is 0 Å². The fraction of sp³-hybridized carbons (Fsp3) is 0.636. The van der Waals surface area contributed by atoms with E-state index < -0.39 is 17.3 Å². The molecule has 0 aromatic carbocycles. The van der Waals surface area contributed by atoms with Gasteiger partial charge < -0.3 is 20.7 Å². The predicted octanol–water partition coefficient (Wildman–Crippen LogP) is -1.48. The summed E-state index contributed by atoms with van der Waals surface area (Å²) in [6, 6.07) is 0. The number of ether oxygens (including phenoxy) is 1. The fourth-order valence-electron chi connectivity index (χ4n) is 1.56. The van der Waals surface area contributed by atoms with Crippen molar-refractivity contribution < 1.29 is 14.3 Å². The number of nitrogens with zero attached hydrogens (tertiary/aromatic N) is 1. The van der Waals surface area contributed by atoms with E-state index in [9.17, 15) is 9.59 Å². The number of likely N-dealkylation sites (N-methyl/N-ethyl adjacent to an activating group) is 1. The van der Waals surface area contributed by atoms with Crippen molar-refractivity contribution in [3.05, 3.63) is 12.2 Å². The van der Waals surface area contributed by atoms with E-state index in [1.165, 1.54) is 6.08 Å². The molecule has 1 unspecified atom stereocenters. The number of hydrogen-bond donors (Lipinski definition) is 2. The lowest BCUT2D eigenvalue weighted by molar-refractivity contribution is -0.157. The first-order valence-corrected chi connectivity index (χ1v) is 5.49. The van der Waals surface area contributed by atoms with Crippen LogP contribution in [0.4, 0.5) is 0 Å². The topological polar surface area (TPSA) is 84.7 Å². The van der Waals surface area contributed by atoms with Gasteiger partial charge in [-0.15, -0.1) is 0 Å². The number of primary amides is 1. The second-order valence-electron chi connectivity index (χ2n) is 4.25. The van der Waals surface area contributed by atoms with Crippen LogP contribution in [0.3, 0.4) is 0 Å². The van der Waals surface area contributed by atoms with E-state index in [1.807, 2.05) is 19.0 Å². The number of carbonyl (C=O) groups is 2. The summed E-state index contributed by atoms with van der Waals surface area (Å²) in [5.41, 5.74) is 3.72. The molecule has 1 saturated heterocycles. The first-order valence-electron chi connectivity index (χ1n) is 5.49. The molecule has 6 heteroatoms. The van der Waals surface area contributed by atoms with Crippen molar-refractivity contribution in [2.75, 3.05) is 40.3 Å². The second kappa shape index (κ2) is 5.90. The highest BCUT2D eigenvalue weighted by atomic mass is 16.5. The molecule has 6 nitrogen and oxygen atoms in total. The second-order valence-corrected chi connectivity index (χ2v) is 4.25. The number of ketones is 1. The molecule has 1 fully saturated rings. The number of hydrogen-bond acceptors (Lipinski definition) is 5. The van der Waals surface area contributed by atoms with E-state index in [0.29, 0.717) is 19.7 Å². The number of rotatable bonds is 5. The lowest BCUT2D eigenvalue weighted by Gasteiger charge is -2.32. The zero-order valence-corrected chi connectivity index (χ0v) is 10.2. The van der Waals surface area contributed by atoms with Crippen LogP contribution in [0, 0.1) is 0 Å². The maximum atomic E-state index is 12.0. The van der Waals surface area contributed by atoms with Gasteiger partial charge in [-0.1, -0.05) is 6.08 Å². The Kier molecular flexibility index (Phi) is 4.80. The predicted molar refractivity (Wildman–Crippen MR) is 63.4 cm³/mol. The van der Waals surface area contributed by atoms with Crippen molar-refractivity contribution in [1.82, 2.24) is 10.2 Å². The quantitative estimate of drug-likeness (QED) is 0.453. The van der Waals surface area contributed by atoms with Gasteiger partial charge in [0.15, 0.2) is 5.78 Å². The molecule has 17 heavy (non-hydrogen) atoms. The molecule has 0 radical (unpaired) electrons. The number of amides is 1. The van der Waals surface area contributed by atoms with Gasteiger partial charge >= 0.3 is 0 Å².